The van der Waals surface area contributed by atoms with Crippen LogP contribution in [0.25, 0.3) is 17.1 Å². The van der Waals surface area contributed by atoms with Gasteiger partial charge in [0.1, 0.15) is 0 Å². The zero-order chi connectivity index (χ0) is 12.4. The molecule has 0 amide bonds. The van der Waals surface area contributed by atoms with E-state index in [9.17, 15) is 0 Å². The Labute approximate surface area is 113 Å². The van der Waals surface area contributed by atoms with Crippen LogP contribution >= 0.6 is 15.9 Å². The standard InChI is InChI=1S/C14H10BrN3/c15-12-6-4-11(5-7-12)13-8-10-18(17-13)14-3-1-2-9-16-14/h1-10H. The summed E-state index contributed by atoms with van der Waals surface area (Å²) in [5.74, 6) is 0.820. The summed E-state index contributed by atoms with van der Waals surface area (Å²) in [5, 5.41) is 4.52. The van der Waals surface area contributed by atoms with Crippen molar-refractivity contribution in [3.63, 3.8) is 0 Å². The van der Waals surface area contributed by atoms with Crippen LogP contribution in [0.4, 0.5) is 0 Å². The zero-order valence-corrected chi connectivity index (χ0v) is 11.1. The van der Waals surface area contributed by atoms with Gasteiger partial charge in [0.15, 0.2) is 5.82 Å². The molecule has 0 aliphatic heterocycles. The van der Waals surface area contributed by atoms with E-state index in [1.165, 1.54) is 0 Å². The third-order valence-corrected chi connectivity index (χ3v) is 3.14. The molecule has 0 bridgehead atoms. The Bertz CT molecular complexity index is 644. The van der Waals surface area contributed by atoms with Crippen molar-refractivity contribution >= 4 is 15.9 Å². The predicted octanol–water partition coefficient (Wildman–Crippen LogP) is 3.70. The first kappa shape index (κ1) is 11.2. The smallest absolute Gasteiger partial charge is 0.153 e. The molecule has 0 unspecified atom stereocenters. The molecule has 0 radical (unpaired) electrons. The van der Waals surface area contributed by atoms with Crippen molar-refractivity contribution in [1.29, 1.82) is 0 Å². The molecule has 0 N–H and O–H groups in total. The average molecular weight is 300 g/mol. The maximum Gasteiger partial charge on any atom is 0.153 e. The molecule has 0 aliphatic rings. The molecule has 3 nitrogen and oxygen atoms in total. The van der Waals surface area contributed by atoms with Crippen LogP contribution in [0.3, 0.4) is 0 Å². The molecule has 0 saturated heterocycles. The number of hydrogen-bond acceptors (Lipinski definition) is 2. The van der Waals surface area contributed by atoms with Gasteiger partial charge in [-0.25, -0.2) is 9.67 Å². The summed E-state index contributed by atoms with van der Waals surface area (Å²) >= 11 is 3.42. The summed E-state index contributed by atoms with van der Waals surface area (Å²) in [6.07, 6.45) is 3.68. The third kappa shape index (κ3) is 2.19. The van der Waals surface area contributed by atoms with Gasteiger partial charge in [0.25, 0.3) is 0 Å². The van der Waals surface area contributed by atoms with Crippen LogP contribution in [-0.2, 0) is 0 Å². The van der Waals surface area contributed by atoms with E-state index in [1.54, 1.807) is 10.9 Å². The number of rotatable bonds is 2. The number of aromatic nitrogens is 3. The lowest BCUT2D eigenvalue weighted by atomic mass is 10.2. The number of benzene rings is 1. The molecule has 3 aromatic rings. The zero-order valence-electron chi connectivity index (χ0n) is 9.49. The minimum atomic E-state index is 0.820. The Hall–Kier alpha value is -1.94. The van der Waals surface area contributed by atoms with Crippen molar-refractivity contribution in [1.82, 2.24) is 14.8 Å². The summed E-state index contributed by atoms with van der Waals surface area (Å²) in [5.41, 5.74) is 2.03. The molecule has 88 valence electrons. The number of nitrogens with zero attached hydrogens (tertiary/aromatic N) is 3. The van der Waals surface area contributed by atoms with Crippen molar-refractivity contribution in [3.8, 4) is 17.1 Å². The first-order valence-electron chi connectivity index (χ1n) is 5.56. The molecular weight excluding hydrogens is 290 g/mol. The Morgan fingerprint density at radius 3 is 2.50 bits per heavy atom. The molecule has 4 heteroatoms. The van der Waals surface area contributed by atoms with Gasteiger partial charge in [0.05, 0.1) is 5.69 Å². The van der Waals surface area contributed by atoms with Gasteiger partial charge >= 0.3 is 0 Å². The van der Waals surface area contributed by atoms with Gasteiger partial charge in [-0.15, -0.1) is 0 Å². The Morgan fingerprint density at radius 1 is 0.944 bits per heavy atom. The number of hydrogen-bond donors (Lipinski definition) is 0. The van der Waals surface area contributed by atoms with Crippen LogP contribution in [0.1, 0.15) is 0 Å². The van der Waals surface area contributed by atoms with Crippen molar-refractivity contribution < 1.29 is 0 Å². The van der Waals surface area contributed by atoms with Gasteiger partial charge in [0.2, 0.25) is 0 Å². The molecule has 0 saturated carbocycles. The second-order valence-electron chi connectivity index (χ2n) is 3.84. The van der Waals surface area contributed by atoms with Gasteiger partial charge in [-0.1, -0.05) is 34.1 Å². The summed E-state index contributed by atoms with van der Waals surface area (Å²) in [6, 6.07) is 15.8. The van der Waals surface area contributed by atoms with E-state index in [2.05, 4.69) is 26.0 Å². The van der Waals surface area contributed by atoms with Gasteiger partial charge in [-0.3, -0.25) is 0 Å². The SMILES string of the molecule is Brc1ccc(-c2ccn(-c3ccccn3)n2)cc1. The van der Waals surface area contributed by atoms with Gasteiger partial charge in [-0.2, -0.15) is 5.10 Å². The van der Waals surface area contributed by atoms with Crippen molar-refractivity contribution in [2.75, 3.05) is 0 Å². The summed E-state index contributed by atoms with van der Waals surface area (Å²) < 4.78 is 2.84. The Kier molecular flexibility index (Phi) is 2.94. The second kappa shape index (κ2) is 4.74. The summed E-state index contributed by atoms with van der Waals surface area (Å²) in [7, 11) is 0. The normalized spacial score (nSPS) is 10.5. The van der Waals surface area contributed by atoms with Gasteiger partial charge < -0.3 is 0 Å². The van der Waals surface area contributed by atoms with Crippen molar-refractivity contribution in [2.24, 2.45) is 0 Å². The minimum Gasteiger partial charge on any atom is -0.237 e. The van der Waals surface area contributed by atoms with E-state index >= 15 is 0 Å². The van der Waals surface area contributed by atoms with Gasteiger partial charge in [-0.05, 0) is 30.3 Å². The van der Waals surface area contributed by atoms with E-state index in [0.717, 1.165) is 21.5 Å². The maximum atomic E-state index is 4.52. The number of halogens is 1. The Balaban J connectivity index is 1.97. The average Bonchev–Trinajstić information content (AvgIpc) is 2.90. The third-order valence-electron chi connectivity index (χ3n) is 2.61. The lowest BCUT2D eigenvalue weighted by Gasteiger charge is -1.99. The first-order chi connectivity index (χ1) is 8.83. The quantitative estimate of drug-likeness (QED) is 0.722. The second-order valence-corrected chi connectivity index (χ2v) is 4.76. The van der Waals surface area contributed by atoms with Crippen LogP contribution in [0.2, 0.25) is 0 Å². The van der Waals surface area contributed by atoms with Crippen molar-refractivity contribution in [2.45, 2.75) is 0 Å². The minimum absolute atomic E-state index is 0.820. The molecule has 2 heterocycles. The molecule has 2 aromatic heterocycles. The molecule has 1 aromatic carbocycles. The highest BCUT2D eigenvalue weighted by molar-refractivity contribution is 9.10. The molecule has 0 atom stereocenters. The van der Waals surface area contributed by atoms with Crippen LogP contribution in [-0.4, -0.2) is 14.8 Å². The van der Waals surface area contributed by atoms with E-state index in [-0.39, 0.29) is 0 Å². The highest BCUT2D eigenvalue weighted by Gasteiger charge is 2.03. The van der Waals surface area contributed by atoms with Gasteiger partial charge in [0, 0.05) is 22.4 Å². The fourth-order valence-corrected chi connectivity index (χ4v) is 1.98. The molecular formula is C14H10BrN3. The van der Waals surface area contributed by atoms with Crippen LogP contribution in [0.5, 0.6) is 0 Å². The number of pyridine rings is 1. The van der Waals surface area contributed by atoms with E-state index in [4.69, 9.17) is 0 Å². The maximum absolute atomic E-state index is 4.52. The lowest BCUT2D eigenvalue weighted by molar-refractivity contribution is 0.850. The predicted molar refractivity (Wildman–Crippen MR) is 74.5 cm³/mol. The monoisotopic (exact) mass is 299 g/mol. The Morgan fingerprint density at radius 2 is 1.78 bits per heavy atom. The van der Waals surface area contributed by atoms with Crippen LogP contribution in [0, 0.1) is 0 Å². The fourth-order valence-electron chi connectivity index (χ4n) is 1.72. The molecule has 0 fully saturated rings. The van der Waals surface area contributed by atoms with E-state index in [1.807, 2.05) is 54.7 Å². The molecule has 18 heavy (non-hydrogen) atoms. The lowest BCUT2D eigenvalue weighted by Crippen LogP contribution is -1.97. The summed E-state index contributed by atoms with van der Waals surface area (Å²) in [6.45, 7) is 0. The fraction of sp³-hybridized carbons (Fsp3) is 0. The largest absolute Gasteiger partial charge is 0.237 e. The summed E-state index contributed by atoms with van der Waals surface area (Å²) in [4.78, 5) is 4.26. The van der Waals surface area contributed by atoms with Crippen molar-refractivity contribution in [3.05, 3.63) is 65.4 Å². The highest BCUT2D eigenvalue weighted by atomic mass is 79.9. The van der Waals surface area contributed by atoms with E-state index in [0.29, 0.717) is 0 Å². The first-order valence-corrected chi connectivity index (χ1v) is 6.35. The molecule has 0 spiro atoms. The van der Waals surface area contributed by atoms with Crippen LogP contribution in [0.15, 0.2) is 65.4 Å². The highest BCUT2D eigenvalue weighted by Crippen LogP contribution is 2.20. The molecule has 3 rings (SSSR count). The van der Waals surface area contributed by atoms with E-state index < -0.39 is 0 Å². The molecule has 0 aliphatic carbocycles. The topological polar surface area (TPSA) is 30.7 Å². The van der Waals surface area contributed by atoms with Crippen LogP contribution < -0.4 is 0 Å².